The van der Waals surface area contributed by atoms with Crippen LogP contribution in [0, 0.1) is 6.92 Å². The summed E-state index contributed by atoms with van der Waals surface area (Å²) in [6.45, 7) is 2.94. The van der Waals surface area contributed by atoms with E-state index in [9.17, 15) is 13.2 Å². The Kier molecular flexibility index (Phi) is 6.63. The minimum atomic E-state index is -3.82. The lowest BCUT2D eigenvalue weighted by molar-refractivity contribution is -0.121. The summed E-state index contributed by atoms with van der Waals surface area (Å²) in [5, 5.41) is 5.23. The van der Waals surface area contributed by atoms with E-state index in [1.54, 1.807) is 46.1 Å². The number of fused-ring (bicyclic) bond motifs is 1. The molecule has 5 rings (SSSR count). The number of para-hydroxylation sites is 1. The summed E-state index contributed by atoms with van der Waals surface area (Å²) in [6, 6.07) is 13.2. The van der Waals surface area contributed by atoms with E-state index in [1.807, 2.05) is 31.3 Å². The quantitative estimate of drug-likeness (QED) is 0.355. The van der Waals surface area contributed by atoms with Crippen molar-refractivity contribution in [3.05, 3.63) is 71.5 Å². The Hall–Kier alpha value is -2.79. The molecule has 182 valence electrons. The number of carbonyl (C=O) groups is 1. The summed E-state index contributed by atoms with van der Waals surface area (Å²) >= 11 is 7.70. The molecule has 1 unspecified atom stereocenters. The zero-order chi connectivity index (χ0) is 24.6. The van der Waals surface area contributed by atoms with E-state index in [0.717, 1.165) is 10.3 Å². The molecular formula is C24H24ClN5O3S2. The maximum absolute atomic E-state index is 13.9. The van der Waals surface area contributed by atoms with Crippen LogP contribution in [0.15, 0.2) is 65.8 Å². The van der Waals surface area contributed by atoms with Gasteiger partial charge in [-0.3, -0.25) is 14.4 Å². The van der Waals surface area contributed by atoms with Gasteiger partial charge < -0.3 is 0 Å². The Bertz CT molecular complexity index is 1450. The SMILES string of the molecule is Cc1ccc(S(=O)(=O)N2CCCC2C(=O)N(CCn2cccn2)c2nc3c(Cl)cccc3s2)cc1. The zero-order valence-corrected chi connectivity index (χ0v) is 21.4. The Balaban J connectivity index is 1.49. The number of thiazole rings is 1. The molecule has 1 amide bonds. The van der Waals surface area contributed by atoms with Crippen molar-refractivity contribution in [2.75, 3.05) is 18.0 Å². The molecule has 2 aromatic heterocycles. The Morgan fingerprint density at radius 3 is 2.71 bits per heavy atom. The molecule has 8 nitrogen and oxygen atoms in total. The third-order valence-corrected chi connectivity index (χ3v) is 9.35. The largest absolute Gasteiger partial charge is 0.285 e. The van der Waals surface area contributed by atoms with E-state index in [-0.39, 0.29) is 10.8 Å². The van der Waals surface area contributed by atoms with Crippen LogP contribution in [0.1, 0.15) is 18.4 Å². The first-order valence-electron chi connectivity index (χ1n) is 11.3. The minimum Gasteiger partial charge on any atom is -0.285 e. The van der Waals surface area contributed by atoms with E-state index >= 15 is 0 Å². The van der Waals surface area contributed by atoms with Gasteiger partial charge in [0.05, 0.1) is 21.2 Å². The fourth-order valence-corrected chi connectivity index (χ4v) is 7.20. The number of aromatic nitrogens is 3. The van der Waals surface area contributed by atoms with Crippen LogP contribution in [-0.2, 0) is 21.4 Å². The monoisotopic (exact) mass is 529 g/mol. The molecule has 1 aliphatic heterocycles. The second-order valence-corrected chi connectivity index (χ2v) is 11.7. The summed E-state index contributed by atoms with van der Waals surface area (Å²) in [6.07, 6.45) is 4.56. The van der Waals surface area contributed by atoms with Gasteiger partial charge in [0.1, 0.15) is 11.6 Å². The van der Waals surface area contributed by atoms with E-state index in [1.165, 1.54) is 15.6 Å². The van der Waals surface area contributed by atoms with Crippen LogP contribution in [0.3, 0.4) is 0 Å². The first-order valence-corrected chi connectivity index (χ1v) is 13.9. The summed E-state index contributed by atoms with van der Waals surface area (Å²) in [7, 11) is -3.82. The van der Waals surface area contributed by atoms with Crippen LogP contribution < -0.4 is 4.90 Å². The topological polar surface area (TPSA) is 88.4 Å². The lowest BCUT2D eigenvalue weighted by atomic mass is 10.2. The summed E-state index contributed by atoms with van der Waals surface area (Å²) in [4.78, 5) is 20.4. The Morgan fingerprint density at radius 1 is 1.20 bits per heavy atom. The van der Waals surface area contributed by atoms with Gasteiger partial charge in [-0.25, -0.2) is 13.4 Å². The predicted octanol–water partition coefficient (Wildman–Crippen LogP) is 4.34. The molecule has 4 aromatic rings. The standard InChI is InChI=1S/C24H24ClN5O3S2/c1-17-8-10-18(11-9-17)35(32,33)30-14-3-6-20(30)23(31)29(16-15-28-13-4-12-26-28)24-27-22-19(25)5-2-7-21(22)34-24/h2,4-5,7-13,20H,3,6,14-16H2,1H3. The Morgan fingerprint density at radius 2 is 2.00 bits per heavy atom. The normalized spacial score (nSPS) is 16.7. The van der Waals surface area contributed by atoms with E-state index < -0.39 is 16.1 Å². The van der Waals surface area contributed by atoms with Crippen LogP contribution in [0.2, 0.25) is 5.02 Å². The molecule has 3 heterocycles. The van der Waals surface area contributed by atoms with Gasteiger partial charge >= 0.3 is 0 Å². The van der Waals surface area contributed by atoms with Gasteiger partial charge in [-0.1, -0.05) is 46.7 Å². The molecule has 1 saturated heterocycles. The molecule has 0 saturated carbocycles. The number of nitrogens with zero attached hydrogens (tertiary/aromatic N) is 5. The van der Waals surface area contributed by atoms with Crippen LogP contribution in [-0.4, -0.2) is 52.5 Å². The van der Waals surface area contributed by atoms with Gasteiger partial charge in [-0.2, -0.15) is 9.40 Å². The third-order valence-electron chi connectivity index (χ3n) is 6.08. The number of aryl methyl sites for hydroxylation is 1. The predicted molar refractivity (Wildman–Crippen MR) is 137 cm³/mol. The van der Waals surface area contributed by atoms with Gasteiger partial charge in [0.25, 0.3) is 0 Å². The van der Waals surface area contributed by atoms with Crippen LogP contribution in [0.4, 0.5) is 5.13 Å². The zero-order valence-electron chi connectivity index (χ0n) is 19.0. The van der Waals surface area contributed by atoms with Crippen LogP contribution in [0.5, 0.6) is 0 Å². The van der Waals surface area contributed by atoms with Crippen molar-refractivity contribution in [1.82, 2.24) is 19.1 Å². The second-order valence-electron chi connectivity index (χ2n) is 8.43. The number of halogens is 1. The van der Waals surface area contributed by atoms with Crippen LogP contribution in [0.25, 0.3) is 10.2 Å². The Labute approximate surface area is 212 Å². The highest BCUT2D eigenvalue weighted by atomic mass is 35.5. The van der Waals surface area contributed by atoms with Gasteiger partial charge in [-0.05, 0) is 50.1 Å². The van der Waals surface area contributed by atoms with Gasteiger partial charge in [0.15, 0.2) is 5.13 Å². The molecule has 1 fully saturated rings. The van der Waals surface area contributed by atoms with Gasteiger partial charge in [0, 0.05) is 25.5 Å². The number of anilines is 1. The van der Waals surface area contributed by atoms with Crippen molar-refractivity contribution < 1.29 is 13.2 Å². The molecule has 11 heteroatoms. The average Bonchev–Trinajstić information content (AvgIpc) is 3.60. The number of benzene rings is 2. The molecule has 35 heavy (non-hydrogen) atoms. The number of rotatable bonds is 7. The number of amides is 1. The summed E-state index contributed by atoms with van der Waals surface area (Å²) in [5.74, 6) is -0.291. The van der Waals surface area contributed by atoms with E-state index in [4.69, 9.17) is 11.6 Å². The molecule has 2 aromatic carbocycles. The minimum absolute atomic E-state index is 0.192. The molecule has 1 aliphatic rings. The lowest BCUT2D eigenvalue weighted by Gasteiger charge is -2.28. The van der Waals surface area contributed by atoms with Gasteiger partial charge in [0.2, 0.25) is 15.9 Å². The average molecular weight is 530 g/mol. The fraction of sp³-hybridized carbons (Fsp3) is 0.292. The fourth-order valence-electron chi connectivity index (χ4n) is 4.25. The first-order chi connectivity index (χ1) is 16.8. The van der Waals surface area contributed by atoms with E-state index in [0.29, 0.717) is 48.1 Å². The summed E-state index contributed by atoms with van der Waals surface area (Å²) in [5.41, 5.74) is 1.60. The first kappa shape index (κ1) is 23.9. The van der Waals surface area contributed by atoms with Crippen molar-refractivity contribution in [1.29, 1.82) is 0 Å². The van der Waals surface area contributed by atoms with Crippen molar-refractivity contribution in [3.63, 3.8) is 0 Å². The maximum atomic E-state index is 13.9. The molecule has 0 N–H and O–H groups in total. The molecule has 0 aliphatic carbocycles. The third kappa shape index (κ3) is 4.71. The number of carbonyl (C=O) groups excluding carboxylic acids is 1. The number of sulfonamides is 1. The molecule has 0 spiro atoms. The van der Waals surface area contributed by atoms with Gasteiger partial charge in [-0.15, -0.1) is 0 Å². The van der Waals surface area contributed by atoms with Crippen molar-refractivity contribution in [3.8, 4) is 0 Å². The molecule has 0 bridgehead atoms. The molecule has 0 radical (unpaired) electrons. The van der Waals surface area contributed by atoms with Crippen molar-refractivity contribution in [2.24, 2.45) is 0 Å². The second kappa shape index (κ2) is 9.69. The maximum Gasteiger partial charge on any atom is 0.247 e. The highest BCUT2D eigenvalue weighted by molar-refractivity contribution is 7.89. The van der Waals surface area contributed by atoms with Crippen molar-refractivity contribution >= 4 is 54.2 Å². The van der Waals surface area contributed by atoms with Crippen molar-refractivity contribution in [2.45, 2.75) is 37.2 Å². The van der Waals surface area contributed by atoms with E-state index in [2.05, 4.69) is 10.1 Å². The highest BCUT2D eigenvalue weighted by Crippen LogP contribution is 2.35. The molecule has 1 atom stereocenters. The number of hydrogen-bond acceptors (Lipinski definition) is 6. The number of hydrogen-bond donors (Lipinski definition) is 0. The van der Waals surface area contributed by atoms with Crippen LogP contribution >= 0.6 is 22.9 Å². The smallest absolute Gasteiger partial charge is 0.247 e. The molecular weight excluding hydrogens is 506 g/mol. The lowest BCUT2D eigenvalue weighted by Crippen LogP contribution is -2.48. The summed E-state index contributed by atoms with van der Waals surface area (Å²) < 4.78 is 30.8. The highest BCUT2D eigenvalue weighted by Gasteiger charge is 2.42.